The number of ether oxygens (including phenoxy) is 2. The molecule has 0 spiro atoms. The fourth-order valence-electron chi connectivity index (χ4n) is 3.66. The van der Waals surface area contributed by atoms with E-state index >= 15 is 0 Å². The predicted molar refractivity (Wildman–Crippen MR) is 125 cm³/mol. The van der Waals surface area contributed by atoms with E-state index in [1.807, 2.05) is 0 Å². The molecule has 4 atom stereocenters. The number of esters is 2. The highest BCUT2D eigenvalue weighted by atomic mass is 16.6. The van der Waals surface area contributed by atoms with Crippen LogP contribution >= 0.6 is 0 Å². The third kappa shape index (κ3) is 6.78. The van der Waals surface area contributed by atoms with Crippen LogP contribution in [0.15, 0.2) is 48.6 Å². The number of phenols is 4. The lowest BCUT2D eigenvalue weighted by molar-refractivity contribution is -0.204. The summed E-state index contributed by atoms with van der Waals surface area (Å²) in [7, 11) is 0. The number of aliphatic hydroxyl groups excluding tert-OH is 1. The summed E-state index contributed by atoms with van der Waals surface area (Å²) >= 11 is 0. The number of phenolic OH excluding ortho intramolecular Hbond substituents is 4. The number of carbonyl (C=O) groups is 3. The molecule has 12 nitrogen and oxygen atoms in total. The maximum absolute atomic E-state index is 12.4. The second-order valence-corrected chi connectivity index (χ2v) is 8.35. The summed E-state index contributed by atoms with van der Waals surface area (Å²) in [6.07, 6.45) is -1.86. The molecule has 3 rings (SSSR count). The molecule has 1 saturated carbocycles. The van der Waals surface area contributed by atoms with Crippen LogP contribution in [0.3, 0.4) is 0 Å². The van der Waals surface area contributed by atoms with Gasteiger partial charge in [0, 0.05) is 25.0 Å². The third-order valence-electron chi connectivity index (χ3n) is 5.57. The van der Waals surface area contributed by atoms with Crippen molar-refractivity contribution in [3.8, 4) is 23.0 Å². The van der Waals surface area contributed by atoms with E-state index in [1.54, 1.807) is 0 Å². The lowest BCUT2D eigenvalue weighted by Gasteiger charge is -2.40. The van der Waals surface area contributed by atoms with Gasteiger partial charge in [-0.1, -0.05) is 12.1 Å². The Kier molecular flexibility index (Phi) is 8.05. The van der Waals surface area contributed by atoms with E-state index in [0.717, 1.165) is 18.2 Å². The molecule has 37 heavy (non-hydrogen) atoms. The van der Waals surface area contributed by atoms with E-state index in [9.17, 15) is 50.1 Å². The Morgan fingerprint density at radius 1 is 0.784 bits per heavy atom. The van der Waals surface area contributed by atoms with Crippen molar-refractivity contribution in [1.29, 1.82) is 0 Å². The van der Waals surface area contributed by atoms with Gasteiger partial charge < -0.3 is 45.2 Å². The zero-order valence-electron chi connectivity index (χ0n) is 19.1. The predicted octanol–water partition coefficient (Wildman–Crippen LogP) is 1.03. The summed E-state index contributed by atoms with van der Waals surface area (Å²) in [4.78, 5) is 36.3. The maximum atomic E-state index is 12.4. The van der Waals surface area contributed by atoms with E-state index in [0.29, 0.717) is 11.1 Å². The van der Waals surface area contributed by atoms with Crippen LogP contribution in [0.2, 0.25) is 0 Å². The smallest absolute Gasteiger partial charge is 0.335 e. The minimum Gasteiger partial charge on any atom is -0.504 e. The summed E-state index contributed by atoms with van der Waals surface area (Å²) in [5, 5.41) is 68.0. The molecular formula is C25H24O12. The topological polar surface area (TPSA) is 211 Å². The Morgan fingerprint density at radius 2 is 1.27 bits per heavy atom. The summed E-state index contributed by atoms with van der Waals surface area (Å²) in [5.41, 5.74) is -1.82. The summed E-state index contributed by atoms with van der Waals surface area (Å²) in [5.74, 6) is -5.29. The summed E-state index contributed by atoms with van der Waals surface area (Å²) < 4.78 is 10.4. The van der Waals surface area contributed by atoms with Gasteiger partial charge in [0.25, 0.3) is 0 Å². The van der Waals surface area contributed by atoms with E-state index in [-0.39, 0.29) is 11.5 Å². The first-order valence-electron chi connectivity index (χ1n) is 10.8. The maximum Gasteiger partial charge on any atom is 0.335 e. The monoisotopic (exact) mass is 516 g/mol. The van der Waals surface area contributed by atoms with Gasteiger partial charge in [-0.25, -0.2) is 14.4 Å². The number of hydrogen-bond donors (Lipinski definition) is 7. The molecule has 1 aliphatic carbocycles. The molecule has 0 aliphatic heterocycles. The number of aliphatic hydroxyl groups is 2. The molecular weight excluding hydrogens is 492 g/mol. The average Bonchev–Trinajstić information content (AvgIpc) is 2.82. The van der Waals surface area contributed by atoms with Crippen molar-refractivity contribution in [3.63, 3.8) is 0 Å². The van der Waals surface area contributed by atoms with Gasteiger partial charge in [0.2, 0.25) is 0 Å². The molecule has 0 aromatic heterocycles. The van der Waals surface area contributed by atoms with Crippen LogP contribution in [-0.2, 0) is 23.9 Å². The lowest BCUT2D eigenvalue weighted by Crippen LogP contribution is -2.58. The van der Waals surface area contributed by atoms with Crippen molar-refractivity contribution >= 4 is 30.1 Å². The number of benzene rings is 2. The number of aromatic hydroxyl groups is 4. The van der Waals surface area contributed by atoms with Crippen molar-refractivity contribution in [3.05, 3.63) is 59.7 Å². The highest BCUT2D eigenvalue weighted by Gasteiger charge is 2.52. The Balaban J connectivity index is 1.75. The lowest BCUT2D eigenvalue weighted by atomic mass is 9.79. The number of rotatable bonds is 7. The summed E-state index contributed by atoms with van der Waals surface area (Å²) in [6.45, 7) is 0. The van der Waals surface area contributed by atoms with Gasteiger partial charge in [-0.2, -0.15) is 0 Å². The van der Waals surface area contributed by atoms with E-state index in [4.69, 9.17) is 9.47 Å². The van der Waals surface area contributed by atoms with Crippen molar-refractivity contribution in [2.45, 2.75) is 36.8 Å². The second-order valence-electron chi connectivity index (χ2n) is 8.35. The van der Waals surface area contributed by atoms with Crippen molar-refractivity contribution in [2.75, 3.05) is 0 Å². The number of hydrogen-bond acceptors (Lipinski definition) is 11. The van der Waals surface area contributed by atoms with E-state index in [1.165, 1.54) is 42.5 Å². The molecule has 1 fully saturated rings. The third-order valence-corrected chi connectivity index (χ3v) is 5.57. The number of aliphatic carboxylic acids is 1. The van der Waals surface area contributed by atoms with Crippen LogP contribution in [0.25, 0.3) is 12.2 Å². The zero-order chi connectivity index (χ0) is 27.3. The zero-order valence-corrected chi connectivity index (χ0v) is 19.1. The molecule has 3 unspecified atom stereocenters. The highest BCUT2D eigenvalue weighted by molar-refractivity contribution is 5.88. The highest BCUT2D eigenvalue weighted by Crippen LogP contribution is 2.33. The molecule has 0 radical (unpaired) electrons. The number of carbonyl (C=O) groups excluding carboxylic acids is 2. The van der Waals surface area contributed by atoms with Gasteiger partial charge in [-0.15, -0.1) is 0 Å². The first-order chi connectivity index (χ1) is 17.4. The first kappa shape index (κ1) is 27.0. The fraction of sp³-hybridized carbons (Fsp3) is 0.240. The van der Waals surface area contributed by atoms with Gasteiger partial charge in [0.15, 0.2) is 34.7 Å². The van der Waals surface area contributed by atoms with E-state index < -0.39 is 66.2 Å². The Labute approximate surface area is 209 Å². The molecule has 2 aromatic carbocycles. The Morgan fingerprint density at radius 3 is 1.73 bits per heavy atom. The minimum atomic E-state index is -2.46. The van der Waals surface area contributed by atoms with Crippen LogP contribution < -0.4 is 0 Å². The molecule has 2 aromatic rings. The molecule has 0 amide bonds. The number of carboxylic acid groups (broad SMARTS) is 1. The molecule has 0 heterocycles. The Hall–Kier alpha value is -4.55. The average molecular weight is 516 g/mol. The van der Waals surface area contributed by atoms with Crippen LogP contribution in [0.4, 0.5) is 0 Å². The normalized spacial score (nSPS) is 23.7. The molecule has 0 bridgehead atoms. The number of carboxylic acids is 1. The molecule has 196 valence electrons. The van der Waals surface area contributed by atoms with Crippen LogP contribution in [-0.4, -0.2) is 77.6 Å². The fourth-order valence-corrected chi connectivity index (χ4v) is 3.66. The first-order valence-corrected chi connectivity index (χ1v) is 10.8. The molecule has 7 N–H and O–H groups in total. The Bertz CT molecular complexity index is 1250. The van der Waals surface area contributed by atoms with Gasteiger partial charge in [-0.05, 0) is 47.5 Å². The van der Waals surface area contributed by atoms with Gasteiger partial charge in [0.05, 0.1) is 6.10 Å². The SMILES string of the molecule is O=C(C=Cc1ccc(O)c(O)c1)OC1C[C@](O)(C(=O)O)CC(O)C1OC(=O)C=Cc1ccc(O)c(O)c1. The molecule has 1 aliphatic rings. The van der Waals surface area contributed by atoms with Crippen LogP contribution in [0, 0.1) is 0 Å². The van der Waals surface area contributed by atoms with Crippen molar-refractivity contribution in [2.24, 2.45) is 0 Å². The largest absolute Gasteiger partial charge is 0.504 e. The van der Waals surface area contributed by atoms with Crippen LogP contribution in [0.1, 0.15) is 24.0 Å². The second kappa shape index (κ2) is 11.0. The molecule has 12 heteroatoms. The standard InChI is InChI=1S/C25H24O12/c26-15-5-1-13(9-17(15)28)3-7-21(31)36-20-12-25(35,24(33)34)11-19(30)23(20)37-22(32)8-4-14-2-6-16(27)18(29)10-14/h1-10,19-20,23,26-30,35H,11-12H2,(H,33,34)/t19?,20?,23?,25-/m0/s1. The minimum absolute atomic E-state index is 0.311. The van der Waals surface area contributed by atoms with Gasteiger partial charge in [0.1, 0.15) is 6.10 Å². The van der Waals surface area contributed by atoms with Crippen molar-refractivity contribution < 1.29 is 59.6 Å². The quantitative estimate of drug-likeness (QED) is 0.156. The van der Waals surface area contributed by atoms with Gasteiger partial charge >= 0.3 is 17.9 Å². The molecule has 0 saturated heterocycles. The van der Waals surface area contributed by atoms with E-state index in [2.05, 4.69) is 0 Å². The van der Waals surface area contributed by atoms with Crippen molar-refractivity contribution in [1.82, 2.24) is 0 Å². The summed E-state index contributed by atoms with van der Waals surface area (Å²) in [6, 6.07) is 7.50. The van der Waals surface area contributed by atoms with Crippen LogP contribution in [0.5, 0.6) is 23.0 Å². The van der Waals surface area contributed by atoms with Gasteiger partial charge in [-0.3, -0.25) is 0 Å².